The lowest BCUT2D eigenvalue weighted by atomic mass is 9.90. The monoisotopic (exact) mass is 258 g/mol. The van der Waals surface area contributed by atoms with Gasteiger partial charge in [-0.3, -0.25) is 4.90 Å². The van der Waals surface area contributed by atoms with E-state index >= 15 is 0 Å². The predicted octanol–water partition coefficient (Wildman–Crippen LogP) is 2.04. The Hall–Kier alpha value is -1.39. The summed E-state index contributed by atoms with van der Waals surface area (Å²) in [6.07, 6.45) is 9.09. The molecule has 3 rings (SSSR count). The Bertz CT molecular complexity index is 515. The average molecular weight is 258 g/mol. The van der Waals surface area contributed by atoms with Crippen molar-refractivity contribution in [3.8, 4) is 0 Å². The van der Waals surface area contributed by atoms with Gasteiger partial charge in [0, 0.05) is 31.0 Å². The van der Waals surface area contributed by atoms with E-state index in [1.54, 1.807) is 0 Å². The molecule has 0 saturated heterocycles. The largest absolute Gasteiger partial charge is 0.326 e. The maximum absolute atomic E-state index is 6.24. The molecule has 0 amide bonds. The van der Waals surface area contributed by atoms with Crippen LogP contribution in [0.5, 0.6) is 0 Å². The fourth-order valence-electron chi connectivity index (χ4n) is 3.12. The third-order valence-electron chi connectivity index (χ3n) is 4.17. The van der Waals surface area contributed by atoms with Crippen LogP contribution in [-0.4, -0.2) is 33.4 Å². The molecule has 0 radical (unpaired) electrons. The summed E-state index contributed by atoms with van der Waals surface area (Å²) in [4.78, 5) is 7.02. The molecule has 1 saturated carbocycles. The van der Waals surface area contributed by atoms with Gasteiger partial charge in [-0.2, -0.15) is 0 Å². The molecule has 0 aromatic carbocycles. The summed E-state index contributed by atoms with van der Waals surface area (Å²) in [6, 6.07) is 6.90. The number of imidazole rings is 1. The lowest BCUT2D eigenvalue weighted by Gasteiger charge is -2.35. The molecule has 2 aromatic heterocycles. The molecular weight excluding hydrogens is 236 g/mol. The summed E-state index contributed by atoms with van der Waals surface area (Å²) >= 11 is 0. The molecule has 1 aliphatic carbocycles. The molecule has 4 nitrogen and oxygen atoms in total. The number of pyridine rings is 1. The van der Waals surface area contributed by atoms with E-state index in [4.69, 9.17) is 5.73 Å². The first-order valence-corrected chi connectivity index (χ1v) is 7.12. The van der Waals surface area contributed by atoms with Gasteiger partial charge in [0.25, 0.3) is 0 Å². The SMILES string of the molecule is CN(Cc1cn2ccccc2n1)C1CCCCC1N. The number of fused-ring (bicyclic) bond motifs is 1. The number of nitrogens with two attached hydrogens (primary N) is 1. The van der Waals surface area contributed by atoms with Crippen molar-refractivity contribution in [2.24, 2.45) is 5.73 Å². The molecule has 0 bridgehead atoms. The minimum absolute atomic E-state index is 0.316. The second kappa shape index (κ2) is 5.31. The fourth-order valence-corrected chi connectivity index (χ4v) is 3.12. The molecule has 2 N–H and O–H groups in total. The molecule has 102 valence electrons. The van der Waals surface area contributed by atoms with Gasteiger partial charge in [-0.1, -0.05) is 18.9 Å². The Morgan fingerprint density at radius 3 is 3.00 bits per heavy atom. The highest BCUT2D eigenvalue weighted by Crippen LogP contribution is 2.22. The summed E-state index contributed by atoms with van der Waals surface area (Å²) in [5.41, 5.74) is 8.37. The first-order chi connectivity index (χ1) is 9.24. The molecule has 0 spiro atoms. The molecule has 2 heterocycles. The Morgan fingerprint density at radius 2 is 2.21 bits per heavy atom. The van der Waals surface area contributed by atoms with E-state index < -0.39 is 0 Å². The highest BCUT2D eigenvalue weighted by Gasteiger charge is 2.25. The van der Waals surface area contributed by atoms with Crippen LogP contribution in [0.4, 0.5) is 0 Å². The maximum Gasteiger partial charge on any atom is 0.137 e. The number of hydrogen-bond donors (Lipinski definition) is 1. The Balaban J connectivity index is 1.73. The standard InChI is InChI=1S/C15H22N4/c1-18(14-7-3-2-6-13(14)16)10-12-11-19-9-5-4-8-15(19)17-12/h4-5,8-9,11,13-14H,2-3,6-7,10,16H2,1H3. The van der Waals surface area contributed by atoms with Gasteiger partial charge in [0.2, 0.25) is 0 Å². The first-order valence-electron chi connectivity index (χ1n) is 7.12. The fraction of sp³-hybridized carbons (Fsp3) is 0.533. The van der Waals surface area contributed by atoms with Gasteiger partial charge >= 0.3 is 0 Å². The van der Waals surface area contributed by atoms with E-state index in [9.17, 15) is 0 Å². The number of nitrogens with zero attached hydrogens (tertiary/aromatic N) is 3. The van der Waals surface area contributed by atoms with E-state index in [1.807, 2.05) is 24.4 Å². The zero-order valence-corrected chi connectivity index (χ0v) is 11.5. The molecule has 2 aromatic rings. The molecular formula is C15H22N4. The second-order valence-electron chi connectivity index (χ2n) is 5.63. The Kier molecular flexibility index (Phi) is 3.53. The van der Waals surface area contributed by atoms with E-state index in [1.165, 1.54) is 19.3 Å². The number of likely N-dealkylation sites (N-methyl/N-ethyl adjacent to an activating group) is 1. The normalized spacial score (nSPS) is 24.2. The lowest BCUT2D eigenvalue weighted by molar-refractivity contribution is 0.161. The molecule has 4 heteroatoms. The maximum atomic E-state index is 6.24. The average Bonchev–Trinajstić information content (AvgIpc) is 2.81. The predicted molar refractivity (Wildman–Crippen MR) is 76.9 cm³/mol. The van der Waals surface area contributed by atoms with Crippen molar-refractivity contribution in [1.29, 1.82) is 0 Å². The molecule has 2 atom stereocenters. The summed E-state index contributed by atoms with van der Waals surface area (Å²) in [5.74, 6) is 0. The second-order valence-corrected chi connectivity index (χ2v) is 5.63. The van der Waals surface area contributed by atoms with Crippen LogP contribution >= 0.6 is 0 Å². The van der Waals surface area contributed by atoms with Gasteiger partial charge in [-0.05, 0) is 32.0 Å². The summed E-state index contributed by atoms with van der Waals surface area (Å²) in [7, 11) is 2.17. The molecule has 0 aliphatic heterocycles. The van der Waals surface area contributed by atoms with Crippen LogP contribution in [0.2, 0.25) is 0 Å². The number of rotatable bonds is 3. The van der Waals surface area contributed by atoms with Crippen molar-refractivity contribution in [1.82, 2.24) is 14.3 Å². The van der Waals surface area contributed by atoms with Crippen molar-refractivity contribution in [2.75, 3.05) is 7.05 Å². The lowest BCUT2D eigenvalue weighted by Crippen LogP contribution is -2.47. The van der Waals surface area contributed by atoms with Gasteiger partial charge in [0.1, 0.15) is 5.65 Å². The van der Waals surface area contributed by atoms with Crippen LogP contribution < -0.4 is 5.73 Å². The Morgan fingerprint density at radius 1 is 1.37 bits per heavy atom. The van der Waals surface area contributed by atoms with Crippen molar-refractivity contribution < 1.29 is 0 Å². The van der Waals surface area contributed by atoms with E-state index in [0.717, 1.165) is 24.3 Å². The van der Waals surface area contributed by atoms with Crippen LogP contribution in [-0.2, 0) is 6.54 Å². The molecule has 1 fully saturated rings. The Labute approximate surface area is 114 Å². The first kappa shape index (κ1) is 12.6. The summed E-state index contributed by atoms with van der Waals surface area (Å²) < 4.78 is 2.07. The van der Waals surface area contributed by atoms with Gasteiger partial charge in [-0.15, -0.1) is 0 Å². The topological polar surface area (TPSA) is 46.6 Å². The van der Waals surface area contributed by atoms with E-state index in [-0.39, 0.29) is 0 Å². The van der Waals surface area contributed by atoms with Crippen molar-refractivity contribution in [3.63, 3.8) is 0 Å². The molecule has 19 heavy (non-hydrogen) atoms. The van der Waals surface area contributed by atoms with Crippen LogP contribution in [0, 0.1) is 0 Å². The van der Waals surface area contributed by atoms with Crippen LogP contribution in [0.15, 0.2) is 30.6 Å². The van der Waals surface area contributed by atoms with Crippen LogP contribution in [0.1, 0.15) is 31.4 Å². The van der Waals surface area contributed by atoms with Gasteiger partial charge < -0.3 is 10.1 Å². The van der Waals surface area contributed by atoms with Crippen LogP contribution in [0.25, 0.3) is 5.65 Å². The molecule has 2 unspecified atom stereocenters. The minimum Gasteiger partial charge on any atom is -0.326 e. The number of aromatic nitrogens is 2. The highest BCUT2D eigenvalue weighted by molar-refractivity contribution is 5.39. The van der Waals surface area contributed by atoms with E-state index in [0.29, 0.717) is 12.1 Å². The summed E-state index contributed by atoms with van der Waals surface area (Å²) in [5, 5.41) is 0. The third-order valence-corrected chi connectivity index (χ3v) is 4.17. The van der Waals surface area contributed by atoms with Crippen LogP contribution in [0.3, 0.4) is 0 Å². The summed E-state index contributed by atoms with van der Waals surface area (Å²) in [6.45, 7) is 0.875. The smallest absolute Gasteiger partial charge is 0.137 e. The van der Waals surface area contributed by atoms with Gasteiger partial charge in [-0.25, -0.2) is 4.98 Å². The zero-order chi connectivity index (χ0) is 13.2. The van der Waals surface area contributed by atoms with Crippen molar-refractivity contribution in [2.45, 2.75) is 44.3 Å². The zero-order valence-electron chi connectivity index (χ0n) is 11.5. The quantitative estimate of drug-likeness (QED) is 0.916. The van der Waals surface area contributed by atoms with Gasteiger partial charge in [0.15, 0.2) is 0 Å². The number of hydrogen-bond acceptors (Lipinski definition) is 3. The van der Waals surface area contributed by atoms with E-state index in [2.05, 4.69) is 27.5 Å². The van der Waals surface area contributed by atoms with Gasteiger partial charge in [0.05, 0.1) is 5.69 Å². The third kappa shape index (κ3) is 2.65. The molecule has 1 aliphatic rings. The van der Waals surface area contributed by atoms with Crippen molar-refractivity contribution >= 4 is 5.65 Å². The minimum atomic E-state index is 0.316. The highest BCUT2D eigenvalue weighted by atomic mass is 15.2. The van der Waals surface area contributed by atoms with Crippen molar-refractivity contribution in [3.05, 3.63) is 36.3 Å².